The number of nitrogens with zero attached hydrogens (tertiary/aromatic N) is 1. The summed E-state index contributed by atoms with van der Waals surface area (Å²) in [7, 11) is 0. The van der Waals surface area contributed by atoms with Crippen molar-refractivity contribution in [3.63, 3.8) is 0 Å². The molecule has 0 spiro atoms. The third-order valence-corrected chi connectivity index (χ3v) is 5.52. The van der Waals surface area contributed by atoms with E-state index in [9.17, 15) is 9.59 Å². The highest BCUT2D eigenvalue weighted by Crippen LogP contribution is 2.34. The van der Waals surface area contributed by atoms with E-state index >= 15 is 0 Å². The average Bonchev–Trinajstić information content (AvgIpc) is 2.83. The van der Waals surface area contributed by atoms with Gasteiger partial charge in [-0.2, -0.15) is 0 Å². The first-order valence-corrected chi connectivity index (χ1v) is 7.80. The molecule has 6 heteroatoms. The number of fused-ring (bicyclic) bond motifs is 4. The number of piperidine rings is 2. The highest BCUT2D eigenvalue weighted by molar-refractivity contribution is 5.89. The van der Waals surface area contributed by atoms with Crippen LogP contribution in [0.15, 0.2) is 0 Å². The molecule has 0 aromatic rings. The minimum atomic E-state index is -0.261. The number of hydrogen-bond acceptors (Lipinski definition) is 3. The minimum absolute atomic E-state index is 0.0595. The highest BCUT2D eigenvalue weighted by atomic mass is 16.2. The summed E-state index contributed by atoms with van der Waals surface area (Å²) in [6, 6.07) is 0.234. The zero-order valence-corrected chi connectivity index (χ0v) is 11.6. The van der Waals surface area contributed by atoms with Gasteiger partial charge in [-0.15, -0.1) is 0 Å². The van der Waals surface area contributed by atoms with Crippen LogP contribution >= 0.6 is 0 Å². The molecule has 3 N–H and O–H groups in total. The van der Waals surface area contributed by atoms with Crippen LogP contribution in [0.4, 0.5) is 4.79 Å². The molecule has 4 unspecified atom stereocenters. The molecular formula is C14H22N4O2. The summed E-state index contributed by atoms with van der Waals surface area (Å²) in [6.07, 6.45) is 4.12. The summed E-state index contributed by atoms with van der Waals surface area (Å²) in [4.78, 5) is 26.1. The Labute approximate surface area is 118 Å². The van der Waals surface area contributed by atoms with E-state index in [2.05, 4.69) is 16.0 Å². The number of hydrogen-bond donors (Lipinski definition) is 3. The summed E-state index contributed by atoms with van der Waals surface area (Å²) in [5.74, 6) is 1.20. The van der Waals surface area contributed by atoms with E-state index < -0.39 is 0 Å². The maximum absolute atomic E-state index is 12.6. The highest BCUT2D eigenvalue weighted by Gasteiger charge is 2.45. The molecule has 20 heavy (non-hydrogen) atoms. The second-order valence-electron chi connectivity index (χ2n) is 6.68. The van der Waals surface area contributed by atoms with E-state index in [1.807, 2.05) is 0 Å². The summed E-state index contributed by atoms with van der Waals surface area (Å²) in [5.41, 5.74) is 0. The van der Waals surface area contributed by atoms with Crippen LogP contribution in [0.25, 0.3) is 0 Å². The standard InChI is InChI=1S/C14H22N4O2/c19-13(11-4-3-10-7-18(11)14(20)16-10)17-12-8-1-2-9(12)6-15-5-8/h8-12,15H,1-7H2,(H,16,20)(H,17,19). The molecule has 4 fully saturated rings. The predicted octanol–water partition coefficient (Wildman–Crippen LogP) is -0.343. The summed E-state index contributed by atoms with van der Waals surface area (Å²) < 4.78 is 0. The second-order valence-corrected chi connectivity index (χ2v) is 6.68. The topological polar surface area (TPSA) is 73.5 Å². The quantitative estimate of drug-likeness (QED) is 0.647. The lowest BCUT2D eigenvalue weighted by Crippen LogP contribution is -2.57. The Morgan fingerprint density at radius 1 is 1.15 bits per heavy atom. The Balaban J connectivity index is 1.44. The van der Waals surface area contributed by atoms with E-state index in [-0.39, 0.29) is 24.0 Å². The van der Waals surface area contributed by atoms with Crippen LogP contribution in [-0.4, -0.2) is 54.6 Å². The van der Waals surface area contributed by atoms with Crippen molar-refractivity contribution in [2.24, 2.45) is 11.8 Å². The van der Waals surface area contributed by atoms with Gasteiger partial charge in [0, 0.05) is 18.6 Å². The molecule has 1 saturated carbocycles. The second kappa shape index (κ2) is 4.62. The third kappa shape index (κ3) is 1.89. The van der Waals surface area contributed by atoms with Crippen LogP contribution in [0, 0.1) is 11.8 Å². The van der Waals surface area contributed by atoms with Gasteiger partial charge in [-0.3, -0.25) is 4.79 Å². The van der Waals surface area contributed by atoms with Gasteiger partial charge in [0.1, 0.15) is 6.04 Å². The SMILES string of the molecule is O=C(NC1C2CCC1CNC2)C1CCC2CN1C(=O)N2. The van der Waals surface area contributed by atoms with Crippen LogP contribution in [0.5, 0.6) is 0 Å². The first-order chi connectivity index (χ1) is 9.72. The molecule has 3 saturated heterocycles. The van der Waals surface area contributed by atoms with Crippen molar-refractivity contribution in [3.05, 3.63) is 0 Å². The number of carbonyl (C=O) groups is 2. The van der Waals surface area contributed by atoms with E-state index in [0.29, 0.717) is 24.4 Å². The van der Waals surface area contributed by atoms with Crippen molar-refractivity contribution in [3.8, 4) is 0 Å². The van der Waals surface area contributed by atoms with Crippen molar-refractivity contribution in [2.75, 3.05) is 19.6 Å². The van der Waals surface area contributed by atoms with Crippen molar-refractivity contribution in [2.45, 2.75) is 43.8 Å². The zero-order chi connectivity index (χ0) is 13.7. The monoisotopic (exact) mass is 278 g/mol. The molecule has 4 atom stereocenters. The molecule has 0 aromatic heterocycles. The number of rotatable bonds is 2. The molecule has 0 aromatic carbocycles. The van der Waals surface area contributed by atoms with Crippen LogP contribution in [0.1, 0.15) is 25.7 Å². The van der Waals surface area contributed by atoms with E-state index in [1.54, 1.807) is 4.90 Å². The van der Waals surface area contributed by atoms with Crippen molar-refractivity contribution >= 4 is 11.9 Å². The summed E-state index contributed by atoms with van der Waals surface area (Å²) in [6.45, 7) is 2.72. The third-order valence-electron chi connectivity index (χ3n) is 5.52. The lowest BCUT2D eigenvalue weighted by atomic mass is 9.92. The van der Waals surface area contributed by atoms with Crippen LogP contribution in [0.3, 0.4) is 0 Å². The van der Waals surface area contributed by atoms with Gasteiger partial charge in [0.2, 0.25) is 5.91 Å². The summed E-state index contributed by atoms with van der Waals surface area (Å²) in [5, 5.41) is 9.62. The molecule has 3 heterocycles. The Morgan fingerprint density at radius 3 is 2.65 bits per heavy atom. The van der Waals surface area contributed by atoms with Gasteiger partial charge < -0.3 is 20.9 Å². The maximum atomic E-state index is 12.6. The Kier molecular flexibility index (Phi) is 2.87. The summed E-state index contributed by atoms with van der Waals surface area (Å²) >= 11 is 0. The van der Waals surface area contributed by atoms with E-state index in [0.717, 1.165) is 25.9 Å². The van der Waals surface area contributed by atoms with Crippen LogP contribution in [-0.2, 0) is 4.79 Å². The smallest absolute Gasteiger partial charge is 0.318 e. The molecular weight excluding hydrogens is 256 g/mol. The Bertz CT molecular complexity index is 425. The lowest BCUT2D eigenvalue weighted by Gasteiger charge is -2.35. The van der Waals surface area contributed by atoms with Gasteiger partial charge in [-0.25, -0.2) is 4.79 Å². The van der Waals surface area contributed by atoms with Gasteiger partial charge in [-0.05, 0) is 50.6 Å². The van der Waals surface area contributed by atoms with Gasteiger partial charge in [-0.1, -0.05) is 0 Å². The largest absolute Gasteiger partial charge is 0.351 e. The molecule has 0 radical (unpaired) electrons. The zero-order valence-electron chi connectivity index (χ0n) is 11.6. The van der Waals surface area contributed by atoms with E-state index in [1.165, 1.54) is 12.8 Å². The fraction of sp³-hybridized carbons (Fsp3) is 0.857. The number of nitrogens with one attached hydrogen (secondary N) is 3. The molecule has 110 valence electrons. The van der Waals surface area contributed by atoms with Gasteiger partial charge in [0.15, 0.2) is 0 Å². The van der Waals surface area contributed by atoms with Crippen LogP contribution in [0.2, 0.25) is 0 Å². The molecule has 3 amide bonds. The molecule has 4 bridgehead atoms. The fourth-order valence-electron chi connectivity index (χ4n) is 4.42. The van der Waals surface area contributed by atoms with Gasteiger partial charge in [0.25, 0.3) is 0 Å². The first-order valence-electron chi connectivity index (χ1n) is 7.80. The fourth-order valence-corrected chi connectivity index (χ4v) is 4.42. The average molecular weight is 278 g/mol. The first kappa shape index (κ1) is 12.4. The normalized spacial score (nSPS) is 42.5. The molecule has 3 aliphatic heterocycles. The van der Waals surface area contributed by atoms with E-state index in [4.69, 9.17) is 0 Å². The van der Waals surface area contributed by atoms with Gasteiger partial charge >= 0.3 is 6.03 Å². The maximum Gasteiger partial charge on any atom is 0.318 e. The van der Waals surface area contributed by atoms with Crippen LogP contribution < -0.4 is 16.0 Å². The molecule has 4 rings (SSSR count). The minimum Gasteiger partial charge on any atom is -0.351 e. The predicted molar refractivity (Wildman–Crippen MR) is 73.1 cm³/mol. The Morgan fingerprint density at radius 2 is 1.90 bits per heavy atom. The molecule has 1 aliphatic carbocycles. The Hall–Kier alpha value is -1.30. The number of carbonyl (C=O) groups excluding carboxylic acids is 2. The van der Waals surface area contributed by atoms with Crippen molar-refractivity contribution < 1.29 is 9.59 Å². The number of urea groups is 1. The van der Waals surface area contributed by atoms with Crippen molar-refractivity contribution in [1.29, 1.82) is 0 Å². The lowest BCUT2D eigenvalue weighted by molar-refractivity contribution is -0.127. The molecule has 6 nitrogen and oxygen atoms in total. The van der Waals surface area contributed by atoms with Gasteiger partial charge in [0.05, 0.1) is 0 Å². The number of amides is 3. The molecule has 4 aliphatic rings. The van der Waals surface area contributed by atoms with Crippen molar-refractivity contribution in [1.82, 2.24) is 20.9 Å².